The lowest BCUT2D eigenvalue weighted by atomic mass is 10.2. The minimum atomic E-state index is -4.54. The van der Waals surface area contributed by atoms with Crippen LogP contribution in [0.15, 0.2) is 29.2 Å². The maximum atomic E-state index is 12.9. The highest BCUT2D eigenvalue weighted by atomic mass is 19.4. The fraction of sp³-hybridized carbons (Fsp3) is 0.267. The first kappa shape index (κ1) is 16.8. The van der Waals surface area contributed by atoms with Crippen LogP contribution in [0.2, 0.25) is 0 Å². The molecule has 0 saturated carbocycles. The molecule has 0 radical (unpaired) electrons. The number of halogens is 3. The number of benzene rings is 1. The predicted octanol–water partition coefficient (Wildman–Crippen LogP) is 2.74. The smallest absolute Gasteiger partial charge is 0.434 e. The third-order valence-corrected chi connectivity index (χ3v) is 3.55. The van der Waals surface area contributed by atoms with E-state index >= 15 is 0 Å². The van der Waals surface area contributed by atoms with Gasteiger partial charge in [-0.2, -0.15) is 18.2 Å². The summed E-state index contributed by atoms with van der Waals surface area (Å²) in [4.78, 5) is 27.6. The van der Waals surface area contributed by atoms with E-state index in [2.05, 4.69) is 9.72 Å². The van der Waals surface area contributed by atoms with E-state index in [1.54, 1.807) is 6.92 Å². The Kier molecular flexibility index (Phi) is 3.90. The van der Waals surface area contributed by atoms with Gasteiger partial charge in [0, 0.05) is 7.05 Å². The van der Waals surface area contributed by atoms with E-state index in [4.69, 9.17) is 4.74 Å². The summed E-state index contributed by atoms with van der Waals surface area (Å²) < 4.78 is 50.5. The summed E-state index contributed by atoms with van der Waals surface area (Å²) in [6, 6.07) is 3.00. The topological polar surface area (TPSA) is 74.8 Å². The van der Waals surface area contributed by atoms with Crippen molar-refractivity contribution >= 4 is 22.8 Å². The molecule has 0 bridgehead atoms. The molecule has 0 atom stereocenters. The number of rotatable bonds is 2. The number of hydrogen-bond donors (Lipinski definition) is 0. The zero-order chi connectivity index (χ0) is 18.4. The second-order valence-corrected chi connectivity index (χ2v) is 5.12. The van der Waals surface area contributed by atoms with E-state index < -0.39 is 23.5 Å². The molecule has 0 aliphatic rings. The Balaban J connectivity index is 2.22. The highest BCUT2D eigenvalue weighted by molar-refractivity contribution is 5.79. The summed E-state index contributed by atoms with van der Waals surface area (Å²) in [7, 11) is 1.34. The van der Waals surface area contributed by atoms with Crippen LogP contribution in [-0.4, -0.2) is 26.7 Å². The molecule has 3 rings (SSSR count). The molecule has 0 aliphatic carbocycles. The van der Waals surface area contributed by atoms with Crippen LogP contribution in [-0.2, 0) is 18.0 Å². The van der Waals surface area contributed by atoms with Gasteiger partial charge in [-0.3, -0.25) is 9.20 Å². The number of aryl methyl sites for hydroxylation is 1. The zero-order valence-corrected chi connectivity index (χ0v) is 13.1. The highest BCUT2D eigenvalue weighted by Crippen LogP contribution is 2.31. The van der Waals surface area contributed by atoms with Crippen molar-refractivity contribution in [3.05, 3.63) is 40.3 Å². The lowest BCUT2D eigenvalue weighted by Crippen LogP contribution is -2.20. The van der Waals surface area contributed by atoms with Crippen LogP contribution in [0.3, 0.4) is 0 Å². The number of imidazole rings is 1. The molecular formula is C15H12F3N3O4. The molecule has 0 aliphatic heterocycles. The number of fused-ring (bicyclic) bond motifs is 3. The van der Waals surface area contributed by atoms with Crippen molar-refractivity contribution in [1.82, 2.24) is 14.0 Å². The van der Waals surface area contributed by atoms with Gasteiger partial charge in [0.2, 0.25) is 11.5 Å². The molecule has 25 heavy (non-hydrogen) atoms. The van der Waals surface area contributed by atoms with E-state index in [9.17, 15) is 22.8 Å². The molecule has 0 saturated heterocycles. The van der Waals surface area contributed by atoms with E-state index in [-0.39, 0.29) is 23.7 Å². The molecule has 0 unspecified atom stereocenters. The lowest BCUT2D eigenvalue weighted by molar-refractivity contribution is -0.137. The van der Waals surface area contributed by atoms with Gasteiger partial charge >= 0.3 is 12.3 Å². The van der Waals surface area contributed by atoms with Crippen LogP contribution < -0.4 is 10.3 Å². The lowest BCUT2D eigenvalue weighted by Gasteiger charge is -2.11. The van der Waals surface area contributed by atoms with Crippen molar-refractivity contribution in [2.45, 2.75) is 13.1 Å². The summed E-state index contributed by atoms with van der Waals surface area (Å²) in [5.41, 5.74) is -1.24. The van der Waals surface area contributed by atoms with Gasteiger partial charge < -0.3 is 14.0 Å². The van der Waals surface area contributed by atoms with Gasteiger partial charge in [0.1, 0.15) is 0 Å². The summed E-state index contributed by atoms with van der Waals surface area (Å²) >= 11 is 0. The fourth-order valence-electron chi connectivity index (χ4n) is 2.41. The number of aromatic nitrogens is 3. The van der Waals surface area contributed by atoms with Gasteiger partial charge in [-0.25, -0.2) is 4.79 Å². The van der Waals surface area contributed by atoms with Crippen molar-refractivity contribution in [1.29, 1.82) is 0 Å². The fourth-order valence-corrected chi connectivity index (χ4v) is 2.41. The van der Waals surface area contributed by atoms with Crippen molar-refractivity contribution in [2.75, 3.05) is 6.61 Å². The van der Waals surface area contributed by atoms with Crippen molar-refractivity contribution in [3.63, 3.8) is 0 Å². The Morgan fingerprint density at radius 2 is 2.00 bits per heavy atom. The number of nitrogens with zero attached hydrogens (tertiary/aromatic N) is 3. The van der Waals surface area contributed by atoms with Crippen LogP contribution in [0.4, 0.5) is 18.0 Å². The van der Waals surface area contributed by atoms with Crippen molar-refractivity contribution in [3.8, 4) is 5.88 Å². The van der Waals surface area contributed by atoms with Crippen LogP contribution in [0.1, 0.15) is 12.5 Å². The van der Waals surface area contributed by atoms with Gasteiger partial charge in [0.25, 0.3) is 5.56 Å². The third-order valence-electron chi connectivity index (χ3n) is 3.55. The Hall–Kier alpha value is -3.04. The van der Waals surface area contributed by atoms with Crippen LogP contribution >= 0.6 is 0 Å². The SMILES string of the molecule is CCOC(=O)Oc1cn2c(n1)c(=O)n(C)c1cc(C(F)(F)F)ccc12. The average Bonchev–Trinajstić information content (AvgIpc) is 2.95. The Morgan fingerprint density at radius 3 is 2.64 bits per heavy atom. The minimum absolute atomic E-state index is 0.0624. The Labute approximate surface area is 138 Å². The van der Waals surface area contributed by atoms with Gasteiger partial charge in [-0.05, 0) is 25.1 Å². The van der Waals surface area contributed by atoms with Gasteiger partial charge in [-0.15, -0.1) is 0 Å². The first-order chi connectivity index (χ1) is 11.7. The molecule has 2 heterocycles. The van der Waals surface area contributed by atoms with Gasteiger partial charge in [-0.1, -0.05) is 0 Å². The second kappa shape index (κ2) is 5.80. The van der Waals surface area contributed by atoms with Crippen LogP contribution in [0.25, 0.3) is 16.7 Å². The minimum Gasteiger partial charge on any atom is -0.434 e. The largest absolute Gasteiger partial charge is 0.515 e. The van der Waals surface area contributed by atoms with Gasteiger partial charge in [0.15, 0.2) is 0 Å². The molecule has 0 fully saturated rings. The molecule has 0 amide bonds. The molecule has 10 heteroatoms. The normalized spacial score (nSPS) is 11.9. The van der Waals surface area contributed by atoms with Crippen molar-refractivity contribution in [2.24, 2.45) is 7.05 Å². The number of alkyl halides is 3. The standard InChI is InChI=1S/C15H12F3N3O4/c1-3-24-14(23)25-11-7-21-9-5-4-8(15(16,17)18)6-10(9)20(2)13(22)12(21)19-11/h4-7H,3H2,1-2H3. The average molecular weight is 355 g/mol. The second-order valence-electron chi connectivity index (χ2n) is 5.12. The number of ether oxygens (including phenoxy) is 2. The maximum Gasteiger partial charge on any atom is 0.515 e. The molecule has 132 valence electrons. The molecule has 0 spiro atoms. The Morgan fingerprint density at radius 1 is 1.28 bits per heavy atom. The molecule has 1 aromatic carbocycles. The number of carbonyl (C=O) groups is 1. The van der Waals surface area contributed by atoms with Gasteiger partial charge in [0.05, 0.1) is 29.4 Å². The predicted molar refractivity (Wildman–Crippen MR) is 80.6 cm³/mol. The molecule has 2 aromatic heterocycles. The number of hydrogen-bond acceptors (Lipinski definition) is 5. The van der Waals surface area contributed by atoms with E-state index in [0.29, 0.717) is 5.52 Å². The zero-order valence-electron chi connectivity index (χ0n) is 13.1. The van der Waals surface area contributed by atoms with Crippen LogP contribution in [0, 0.1) is 0 Å². The third kappa shape index (κ3) is 2.90. The summed E-state index contributed by atoms with van der Waals surface area (Å²) in [6.45, 7) is 1.68. The Bertz CT molecular complexity index is 1040. The number of carbonyl (C=O) groups excluding carboxylic acids is 1. The summed E-state index contributed by atoms with van der Waals surface area (Å²) in [5.74, 6) is -0.192. The highest BCUT2D eigenvalue weighted by Gasteiger charge is 2.31. The quantitative estimate of drug-likeness (QED) is 0.661. The van der Waals surface area contributed by atoms with Crippen LogP contribution in [0.5, 0.6) is 5.88 Å². The first-order valence-corrected chi connectivity index (χ1v) is 7.16. The van der Waals surface area contributed by atoms with E-state index in [0.717, 1.165) is 16.7 Å². The monoisotopic (exact) mass is 355 g/mol. The van der Waals surface area contributed by atoms with Crippen molar-refractivity contribution < 1.29 is 27.4 Å². The molecule has 7 nitrogen and oxygen atoms in total. The van der Waals surface area contributed by atoms with E-state index in [1.165, 1.54) is 23.7 Å². The van der Waals surface area contributed by atoms with E-state index in [1.807, 2.05) is 0 Å². The molecule has 3 aromatic rings. The summed E-state index contributed by atoms with van der Waals surface area (Å²) in [6.07, 6.45) is -4.29. The molecular weight excluding hydrogens is 343 g/mol. The maximum absolute atomic E-state index is 12.9. The summed E-state index contributed by atoms with van der Waals surface area (Å²) in [5, 5.41) is 0. The first-order valence-electron chi connectivity index (χ1n) is 7.16. The molecule has 0 N–H and O–H groups in total.